The monoisotopic (exact) mass is 310 g/mol. The zero-order valence-electron chi connectivity index (χ0n) is 10.9. The van der Waals surface area contributed by atoms with Gasteiger partial charge in [-0.3, -0.25) is 0 Å². The summed E-state index contributed by atoms with van der Waals surface area (Å²) >= 11 is 1.18. The molecular formula is C15H12F2O3S. The van der Waals surface area contributed by atoms with E-state index in [-0.39, 0.29) is 17.9 Å². The summed E-state index contributed by atoms with van der Waals surface area (Å²) in [4.78, 5) is 11.3. The lowest BCUT2D eigenvalue weighted by Crippen LogP contribution is -2.05. The molecule has 0 radical (unpaired) electrons. The molecule has 0 spiro atoms. The van der Waals surface area contributed by atoms with Gasteiger partial charge in [-0.05, 0) is 24.3 Å². The number of carboxylic acids is 1. The van der Waals surface area contributed by atoms with Gasteiger partial charge in [-0.25, -0.2) is 13.6 Å². The van der Waals surface area contributed by atoms with Crippen molar-refractivity contribution in [2.45, 2.75) is 4.90 Å². The summed E-state index contributed by atoms with van der Waals surface area (Å²) in [5.41, 5.74) is 0.0791. The molecule has 0 aliphatic heterocycles. The first-order chi connectivity index (χ1) is 10.1. The molecule has 0 aromatic heterocycles. The molecule has 2 aromatic rings. The Bertz CT molecular complexity index is 647. The van der Waals surface area contributed by atoms with Gasteiger partial charge in [0.2, 0.25) is 0 Å². The number of ether oxygens (including phenoxy) is 1. The Morgan fingerprint density at radius 3 is 2.67 bits per heavy atom. The number of hydrogen-bond donors (Lipinski definition) is 1. The van der Waals surface area contributed by atoms with Crippen LogP contribution in [-0.2, 0) is 0 Å². The first-order valence-electron chi connectivity index (χ1n) is 6.11. The lowest BCUT2D eigenvalue weighted by molar-refractivity contribution is 0.0692. The minimum Gasteiger partial charge on any atom is -0.492 e. The molecule has 6 heteroatoms. The topological polar surface area (TPSA) is 46.5 Å². The van der Waals surface area contributed by atoms with Gasteiger partial charge in [0.15, 0.2) is 0 Å². The van der Waals surface area contributed by atoms with Crippen LogP contribution >= 0.6 is 11.8 Å². The van der Waals surface area contributed by atoms with Crippen molar-refractivity contribution in [1.29, 1.82) is 0 Å². The van der Waals surface area contributed by atoms with E-state index in [1.54, 1.807) is 18.2 Å². The van der Waals surface area contributed by atoms with Crippen molar-refractivity contribution >= 4 is 17.7 Å². The predicted octanol–water partition coefficient (Wildman–Crippen LogP) is 3.83. The minimum atomic E-state index is -1.07. The van der Waals surface area contributed by atoms with Crippen molar-refractivity contribution in [3.8, 4) is 5.75 Å². The van der Waals surface area contributed by atoms with E-state index in [0.717, 1.165) is 6.07 Å². The molecule has 0 unspecified atom stereocenters. The van der Waals surface area contributed by atoms with Gasteiger partial charge in [0.25, 0.3) is 0 Å². The third kappa shape index (κ3) is 4.19. The molecule has 0 amide bonds. The molecule has 1 N–H and O–H groups in total. The smallest absolute Gasteiger partial charge is 0.339 e. The number of halogens is 2. The van der Waals surface area contributed by atoms with Gasteiger partial charge in [0.1, 0.15) is 22.9 Å². The third-order valence-electron chi connectivity index (χ3n) is 2.61. The molecule has 110 valence electrons. The molecular weight excluding hydrogens is 298 g/mol. The van der Waals surface area contributed by atoms with Crippen molar-refractivity contribution < 1.29 is 23.4 Å². The van der Waals surface area contributed by atoms with Crippen LogP contribution in [0.15, 0.2) is 47.4 Å². The second kappa shape index (κ2) is 7.08. The number of aromatic carboxylic acids is 1. The average molecular weight is 310 g/mol. The molecule has 0 saturated carbocycles. The molecule has 0 aliphatic rings. The SMILES string of the molecule is O=C(O)c1ccccc1OCCSc1ccc(F)cc1F. The van der Waals surface area contributed by atoms with E-state index in [1.807, 2.05) is 0 Å². The van der Waals surface area contributed by atoms with Crippen molar-refractivity contribution in [2.75, 3.05) is 12.4 Å². The normalized spacial score (nSPS) is 10.4. The Morgan fingerprint density at radius 1 is 1.19 bits per heavy atom. The van der Waals surface area contributed by atoms with Crippen LogP contribution in [0.2, 0.25) is 0 Å². The summed E-state index contributed by atoms with van der Waals surface area (Å²) < 4.78 is 31.5. The molecule has 0 aliphatic carbocycles. The summed E-state index contributed by atoms with van der Waals surface area (Å²) in [6.07, 6.45) is 0. The highest BCUT2D eigenvalue weighted by atomic mass is 32.2. The maximum absolute atomic E-state index is 13.4. The van der Waals surface area contributed by atoms with Crippen LogP contribution < -0.4 is 4.74 Å². The number of carboxylic acid groups (broad SMARTS) is 1. The van der Waals surface area contributed by atoms with Gasteiger partial charge in [-0.1, -0.05) is 12.1 Å². The highest BCUT2D eigenvalue weighted by Gasteiger charge is 2.10. The van der Waals surface area contributed by atoms with Crippen molar-refractivity contribution in [3.63, 3.8) is 0 Å². The molecule has 0 saturated heterocycles. The molecule has 0 bridgehead atoms. The van der Waals surface area contributed by atoms with E-state index in [1.165, 1.54) is 30.0 Å². The maximum atomic E-state index is 13.4. The van der Waals surface area contributed by atoms with E-state index in [2.05, 4.69) is 0 Å². The highest BCUT2D eigenvalue weighted by molar-refractivity contribution is 7.99. The van der Waals surface area contributed by atoms with Gasteiger partial charge in [-0.2, -0.15) is 0 Å². The molecule has 3 nitrogen and oxygen atoms in total. The van der Waals surface area contributed by atoms with Gasteiger partial charge in [0.05, 0.1) is 6.61 Å². The molecule has 2 aromatic carbocycles. The van der Waals surface area contributed by atoms with Crippen LogP contribution in [0.25, 0.3) is 0 Å². The van der Waals surface area contributed by atoms with E-state index in [9.17, 15) is 13.6 Å². The molecule has 2 rings (SSSR count). The molecule has 0 atom stereocenters. The number of carbonyl (C=O) groups is 1. The van der Waals surface area contributed by atoms with Crippen LogP contribution in [0.4, 0.5) is 8.78 Å². The first kappa shape index (κ1) is 15.3. The summed E-state index contributed by atoms with van der Waals surface area (Å²) in [6, 6.07) is 9.67. The predicted molar refractivity (Wildman–Crippen MR) is 76.0 cm³/mol. The Morgan fingerprint density at radius 2 is 1.95 bits per heavy atom. The Kier molecular flexibility index (Phi) is 5.16. The van der Waals surface area contributed by atoms with Crippen LogP contribution in [0.5, 0.6) is 5.75 Å². The van der Waals surface area contributed by atoms with Gasteiger partial charge >= 0.3 is 5.97 Å². The van der Waals surface area contributed by atoms with Crippen LogP contribution in [0.1, 0.15) is 10.4 Å². The van der Waals surface area contributed by atoms with Crippen molar-refractivity contribution in [1.82, 2.24) is 0 Å². The van der Waals surface area contributed by atoms with E-state index < -0.39 is 17.6 Å². The zero-order valence-corrected chi connectivity index (χ0v) is 11.7. The van der Waals surface area contributed by atoms with Crippen molar-refractivity contribution in [3.05, 3.63) is 59.7 Å². The second-order valence-electron chi connectivity index (χ2n) is 4.07. The Balaban J connectivity index is 1.89. The second-order valence-corrected chi connectivity index (χ2v) is 5.21. The fourth-order valence-electron chi connectivity index (χ4n) is 1.66. The fraction of sp³-hybridized carbons (Fsp3) is 0.133. The fourth-order valence-corrected chi connectivity index (χ4v) is 2.41. The van der Waals surface area contributed by atoms with Gasteiger partial charge < -0.3 is 9.84 Å². The Labute approximate surface area is 124 Å². The lowest BCUT2D eigenvalue weighted by atomic mass is 10.2. The summed E-state index contributed by atoms with van der Waals surface area (Å²) in [7, 11) is 0. The maximum Gasteiger partial charge on any atom is 0.339 e. The third-order valence-corrected chi connectivity index (χ3v) is 3.62. The molecule has 0 heterocycles. The standard InChI is InChI=1S/C15H12F2O3S/c16-10-5-6-14(12(17)9-10)21-8-7-20-13-4-2-1-3-11(13)15(18)19/h1-6,9H,7-8H2,(H,18,19). The van der Waals surface area contributed by atoms with Gasteiger partial charge in [-0.15, -0.1) is 11.8 Å². The quantitative estimate of drug-likeness (QED) is 0.650. The minimum absolute atomic E-state index is 0.0791. The van der Waals surface area contributed by atoms with Crippen LogP contribution in [-0.4, -0.2) is 23.4 Å². The van der Waals surface area contributed by atoms with Crippen LogP contribution in [0, 0.1) is 11.6 Å². The van der Waals surface area contributed by atoms with Crippen LogP contribution in [0.3, 0.4) is 0 Å². The number of hydrogen-bond acceptors (Lipinski definition) is 3. The van der Waals surface area contributed by atoms with E-state index in [4.69, 9.17) is 9.84 Å². The number of rotatable bonds is 6. The average Bonchev–Trinajstić information content (AvgIpc) is 2.45. The molecule has 21 heavy (non-hydrogen) atoms. The molecule has 0 fully saturated rings. The summed E-state index contributed by atoms with van der Waals surface area (Å²) in [5.74, 6) is -1.63. The lowest BCUT2D eigenvalue weighted by Gasteiger charge is -2.09. The summed E-state index contributed by atoms with van der Waals surface area (Å²) in [6.45, 7) is 0.214. The largest absolute Gasteiger partial charge is 0.492 e. The van der Waals surface area contributed by atoms with E-state index in [0.29, 0.717) is 10.6 Å². The van der Waals surface area contributed by atoms with Gasteiger partial charge in [0, 0.05) is 16.7 Å². The van der Waals surface area contributed by atoms with Crippen molar-refractivity contribution in [2.24, 2.45) is 0 Å². The summed E-state index contributed by atoms with van der Waals surface area (Å²) in [5, 5.41) is 8.99. The Hall–Kier alpha value is -2.08. The number of para-hydroxylation sites is 1. The highest BCUT2D eigenvalue weighted by Crippen LogP contribution is 2.23. The number of thioether (sulfide) groups is 1. The first-order valence-corrected chi connectivity index (χ1v) is 7.09. The zero-order chi connectivity index (χ0) is 15.2. The van der Waals surface area contributed by atoms with E-state index >= 15 is 0 Å². The number of benzene rings is 2.